The van der Waals surface area contributed by atoms with E-state index in [-0.39, 0.29) is 23.9 Å². The summed E-state index contributed by atoms with van der Waals surface area (Å²) in [4.78, 5) is 19.0. The number of nitrogens with zero attached hydrogens (tertiary/aromatic N) is 3. The fourth-order valence-electron chi connectivity index (χ4n) is 5.28. The molecular formula is C31H31Cl2N5O2S. The van der Waals surface area contributed by atoms with E-state index in [1.807, 2.05) is 68.4 Å². The van der Waals surface area contributed by atoms with Crippen LogP contribution in [-0.2, 0) is 4.79 Å². The lowest BCUT2D eigenvalue weighted by Crippen LogP contribution is -2.29. The van der Waals surface area contributed by atoms with Gasteiger partial charge in [-0.15, -0.1) is 0 Å². The molecule has 1 saturated heterocycles. The van der Waals surface area contributed by atoms with Gasteiger partial charge in [-0.05, 0) is 86.2 Å². The Bertz CT molecular complexity index is 1620. The van der Waals surface area contributed by atoms with Gasteiger partial charge in [0.05, 0.1) is 41.3 Å². The third-order valence-electron chi connectivity index (χ3n) is 7.28. The number of pyridine rings is 1. The van der Waals surface area contributed by atoms with Crippen LogP contribution in [0.5, 0.6) is 5.75 Å². The lowest BCUT2D eigenvalue weighted by Gasteiger charge is -2.28. The molecule has 0 aliphatic carbocycles. The van der Waals surface area contributed by atoms with Gasteiger partial charge in [0, 0.05) is 34.2 Å². The van der Waals surface area contributed by atoms with Gasteiger partial charge in [0.1, 0.15) is 5.75 Å². The number of aromatic nitrogens is 2. The molecule has 0 spiro atoms. The largest absolute Gasteiger partial charge is 0.495 e. The summed E-state index contributed by atoms with van der Waals surface area (Å²) < 4.78 is 7.83. The number of amides is 1. The van der Waals surface area contributed by atoms with Crippen molar-refractivity contribution >= 4 is 57.8 Å². The average molecular weight is 609 g/mol. The summed E-state index contributed by atoms with van der Waals surface area (Å²) in [5.74, 6) is 0.444. The van der Waals surface area contributed by atoms with Crippen molar-refractivity contribution in [2.24, 2.45) is 5.92 Å². The Morgan fingerprint density at radius 3 is 2.54 bits per heavy atom. The van der Waals surface area contributed by atoms with Crippen LogP contribution in [-0.4, -0.2) is 27.7 Å². The number of nitrogens with one attached hydrogen (secondary N) is 2. The number of anilines is 2. The van der Waals surface area contributed by atoms with E-state index in [9.17, 15) is 4.79 Å². The van der Waals surface area contributed by atoms with Crippen molar-refractivity contribution in [1.29, 1.82) is 0 Å². The number of methoxy groups -OCH3 is 1. The highest BCUT2D eigenvalue weighted by molar-refractivity contribution is 7.80. The minimum absolute atomic E-state index is 0.102. The lowest BCUT2D eigenvalue weighted by atomic mass is 9.96. The molecule has 0 unspecified atom stereocenters. The molecule has 212 valence electrons. The first-order valence-electron chi connectivity index (χ1n) is 13.2. The Hall–Kier alpha value is -3.59. The smallest absolute Gasteiger partial charge is 0.226 e. The first-order valence-corrected chi connectivity index (χ1v) is 14.4. The van der Waals surface area contributed by atoms with E-state index < -0.39 is 0 Å². The third-order valence-corrected chi connectivity index (χ3v) is 8.14. The number of ether oxygens (including phenoxy) is 1. The first kappa shape index (κ1) is 28.9. The second-order valence-electron chi connectivity index (χ2n) is 10.3. The fourth-order valence-corrected chi connectivity index (χ4v) is 6.01. The molecule has 0 saturated carbocycles. The summed E-state index contributed by atoms with van der Waals surface area (Å²) in [5, 5.41) is 7.99. The van der Waals surface area contributed by atoms with E-state index in [0.29, 0.717) is 26.6 Å². The monoisotopic (exact) mass is 607 g/mol. The highest BCUT2D eigenvalue weighted by Gasteiger charge is 2.42. The Labute approximate surface area is 255 Å². The topological polar surface area (TPSA) is 71.4 Å². The van der Waals surface area contributed by atoms with Crippen LogP contribution in [0, 0.1) is 19.8 Å². The van der Waals surface area contributed by atoms with Gasteiger partial charge in [-0.1, -0.05) is 43.1 Å². The number of benzene rings is 2. The van der Waals surface area contributed by atoms with Crippen LogP contribution in [0.2, 0.25) is 10.0 Å². The molecular weight excluding hydrogens is 577 g/mol. The maximum atomic E-state index is 12.3. The van der Waals surface area contributed by atoms with Crippen LogP contribution in [0.15, 0.2) is 66.9 Å². The van der Waals surface area contributed by atoms with Crippen LogP contribution >= 0.6 is 35.4 Å². The number of aryl methyl sites for hydroxylation is 1. The molecule has 41 heavy (non-hydrogen) atoms. The predicted molar refractivity (Wildman–Crippen MR) is 170 cm³/mol. The molecule has 3 heterocycles. The highest BCUT2D eigenvalue weighted by Crippen LogP contribution is 2.45. The van der Waals surface area contributed by atoms with Gasteiger partial charge in [0.2, 0.25) is 5.91 Å². The SMILES string of the molecule is COc1ccc(Cl)cc1-n1c(C)cc([C@H]2[C@@H](c3ccccn3)NC(=S)N2c2ccc(NC(=O)C(C)C)c(Cl)c2)c1C. The zero-order valence-corrected chi connectivity index (χ0v) is 25.7. The van der Waals surface area contributed by atoms with Crippen molar-refractivity contribution in [1.82, 2.24) is 14.9 Å². The number of carbonyl (C=O) groups excluding carboxylic acids is 1. The van der Waals surface area contributed by atoms with Crippen molar-refractivity contribution in [3.05, 3.63) is 99.6 Å². The number of hydrogen-bond acceptors (Lipinski definition) is 4. The maximum Gasteiger partial charge on any atom is 0.226 e. The van der Waals surface area contributed by atoms with Gasteiger partial charge in [-0.25, -0.2) is 0 Å². The average Bonchev–Trinajstić information content (AvgIpc) is 3.44. The minimum atomic E-state index is -0.255. The van der Waals surface area contributed by atoms with Gasteiger partial charge >= 0.3 is 0 Å². The summed E-state index contributed by atoms with van der Waals surface area (Å²) in [7, 11) is 1.65. The molecule has 2 N–H and O–H groups in total. The Kier molecular flexibility index (Phi) is 8.27. The Morgan fingerprint density at radius 1 is 1.10 bits per heavy atom. The minimum Gasteiger partial charge on any atom is -0.495 e. The van der Waals surface area contributed by atoms with E-state index in [4.69, 9.17) is 40.2 Å². The summed E-state index contributed by atoms with van der Waals surface area (Å²) >= 11 is 19.0. The van der Waals surface area contributed by atoms with Crippen LogP contribution in [0.25, 0.3) is 5.69 Å². The molecule has 2 aromatic carbocycles. The van der Waals surface area contributed by atoms with Gasteiger partial charge in [0.15, 0.2) is 5.11 Å². The predicted octanol–water partition coefficient (Wildman–Crippen LogP) is 7.58. The second-order valence-corrected chi connectivity index (χ2v) is 11.5. The maximum absolute atomic E-state index is 12.3. The highest BCUT2D eigenvalue weighted by atomic mass is 35.5. The van der Waals surface area contributed by atoms with Crippen molar-refractivity contribution < 1.29 is 9.53 Å². The molecule has 0 radical (unpaired) electrons. The molecule has 2 aromatic heterocycles. The molecule has 10 heteroatoms. The molecule has 5 rings (SSSR count). The molecule has 1 fully saturated rings. The number of thiocarbonyl (C=S) groups is 1. The van der Waals surface area contributed by atoms with E-state index in [1.54, 1.807) is 13.3 Å². The van der Waals surface area contributed by atoms with E-state index in [0.717, 1.165) is 34.0 Å². The standard InChI is InChI=1S/C31H31Cl2N5O2S/c1-17(2)30(39)35-24-11-10-21(16-23(24)33)38-29(28(36-31(38)41)25-8-6-7-13-34-25)22-14-18(3)37(19(22)4)26-15-20(32)9-12-27(26)40-5/h6-17,28-29H,1-5H3,(H,35,39)(H,36,41)/t28-,29+/m1/s1. The normalized spacial score (nSPS) is 16.7. The van der Waals surface area contributed by atoms with Gasteiger partial charge in [-0.2, -0.15) is 0 Å². The van der Waals surface area contributed by atoms with E-state index in [1.165, 1.54) is 0 Å². The lowest BCUT2D eigenvalue weighted by molar-refractivity contribution is -0.118. The molecule has 1 aliphatic heterocycles. The van der Waals surface area contributed by atoms with Crippen molar-refractivity contribution in [2.75, 3.05) is 17.3 Å². The van der Waals surface area contributed by atoms with Crippen LogP contribution in [0.3, 0.4) is 0 Å². The molecule has 1 aliphatic rings. The number of hydrogen-bond donors (Lipinski definition) is 2. The second kappa shape index (κ2) is 11.7. The summed E-state index contributed by atoms with van der Waals surface area (Å²) in [6.07, 6.45) is 1.78. The molecule has 4 aromatic rings. The Balaban J connectivity index is 1.64. The number of halogens is 2. The number of rotatable bonds is 7. The molecule has 7 nitrogen and oxygen atoms in total. The van der Waals surface area contributed by atoms with E-state index >= 15 is 0 Å². The first-order chi connectivity index (χ1) is 19.6. The fraction of sp³-hybridized carbons (Fsp3) is 0.258. The van der Waals surface area contributed by atoms with Gasteiger partial charge in [-0.3, -0.25) is 9.78 Å². The quantitative estimate of drug-likeness (QED) is 0.211. The zero-order chi connectivity index (χ0) is 29.4. The molecule has 2 atom stereocenters. The summed E-state index contributed by atoms with van der Waals surface area (Å²) in [5.41, 5.74) is 6.14. The molecule has 0 bridgehead atoms. The van der Waals surface area contributed by atoms with Gasteiger partial charge in [0.25, 0.3) is 0 Å². The van der Waals surface area contributed by atoms with Crippen molar-refractivity contribution in [3.63, 3.8) is 0 Å². The van der Waals surface area contributed by atoms with Crippen molar-refractivity contribution in [3.8, 4) is 11.4 Å². The van der Waals surface area contributed by atoms with E-state index in [2.05, 4.69) is 45.0 Å². The van der Waals surface area contributed by atoms with Crippen molar-refractivity contribution in [2.45, 2.75) is 39.8 Å². The van der Waals surface area contributed by atoms with Crippen LogP contribution < -0.4 is 20.3 Å². The summed E-state index contributed by atoms with van der Waals surface area (Å²) in [6, 6.07) is 18.7. The Morgan fingerprint density at radius 2 is 1.88 bits per heavy atom. The van der Waals surface area contributed by atoms with Crippen LogP contribution in [0.4, 0.5) is 11.4 Å². The zero-order valence-electron chi connectivity index (χ0n) is 23.4. The van der Waals surface area contributed by atoms with Gasteiger partial charge < -0.3 is 24.8 Å². The molecule has 1 amide bonds. The van der Waals surface area contributed by atoms with Crippen LogP contribution in [0.1, 0.15) is 48.6 Å². The summed E-state index contributed by atoms with van der Waals surface area (Å²) in [6.45, 7) is 7.81. The third kappa shape index (κ3) is 5.52. The number of carbonyl (C=O) groups is 1.